The monoisotopic (exact) mass is 318 g/mol. The van der Waals surface area contributed by atoms with Gasteiger partial charge >= 0.3 is 0 Å². The third kappa shape index (κ3) is 2.96. The molecule has 2 N–H and O–H groups in total. The Kier molecular flexibility index (Phi) is 4.85. The fourth-order valence-corrected chi connectivity index (χ4v) is 5.30. The van der Waals surface area contributed by atoms with Crippen molar-refractivity contribution >= 4 is 5.78 Å². The predicted molar refractivity (Wildman–Crippen MR) is 89.5 cm³/mol. The van der Waals surface area contributed by atoms with Crippen molar-refractivity contribution in [2.75, 3.05) is 0 Å². The van der Waals surface area contributed by atoms with E-state index in [1.165, 1.54) is 25.7 Å². The van der Waals surface area contributed by atoms with Crippen molar-refractivity contribution in [2.24, 2.45) is 29.1 Å². The molecule has 0 aromatic carbocycles. The molecule has 0 aromatic rings. The molecule has 0 saturated heterocycles. The number of rotatable bonds is 3. The molecule has 0 spiro atoms. The van der Waals surface area contributed by atoms with E-state index in [0.29, 0.717) is 30.5 Å². The SMILES string of the molecule is CC(C)[C@@]12CC[C@H](O)[C@@H](C#C[C@@H](O)CC3CCCC3)[C@@H]1CC2=O. The number of Topliss-reactive ketones (excluding diaryl/α,β-unsaturated/α-hetero) is 1. The van der Waals surface area contributed by atoms with E-state index < -0.39 is 12.2 Å². The summed E-state index contributed by atoms with van der Waals surface area (Å²) >= 11 is 0. The predicted octanol–water partition coefficient (Wildman–Crippen LogP) is 2.93. The van der Waals surface area contributed by atoms with Crippen LogP contribution >= 0.6 is 0 Å². The molecule has 0 radical (unpaired) electrons. The van der Waals surface area contributed by atoms with Crippen LogP contribution in [0.3, 0.4) is 0 Å². The fraction of sp³-hybridized carbons (Fsp3) is 0.850. The Morgan fingerprint density at radius 2 is 1.96 bits per heavy atom. The van der Waals surface area contributed by atoms with Gasteiger partial charge in [-0.2, -0.15) is 0 Å². The van der Waals surface area contributed by atoms with Gasteiger partial charge in [0.1, 0.15) is 11.9 Å². The first-order chi connectivity index (χ1) is 10.9. The highest BCUT2D eigenvalue weighted by Gasteiger charge is 2.61. The third-order valence-electron chi connectivity index (χ3n) is 6.77. The lowest BCUT2D eigenvalue weighted by atomic mass is 9.45. The zero-order valence-corrected chi connectivity index (χ0v) is 14.4. The number of carbonyl (C=O) groups excluding carboxylic acids is 1. The lowest BCUT2D eigenvalue weighted by Gasteiger charge is -2.57. The summed E-state index contributed by atoms with van der Waals surface area (Å²) in [6.45, 7) is 4.22. The van der Waals surface area contributed by atoms with Crippen molar-refractivity contribution in [1.82, 2.24) is 0 Å². The van der Waals surface area contributed by atoms with Crippen LogP contribution in [0.2, 0.25) is 0 Å². The Labute approximate surface area is 139 Å². The highest BCUT2D eigenvalue weighted by atomic mass is 16.3. The van der Waals surface area contributed by atoms with E-state index in [0.717, 1.165) is 12.8 Å². The molecule has 3 heteroatoms. The molecule has 0 bridgehead atoms. The highest BCUT2D eigenvalue weighted by Crippen LogP contribution is 2.59. The molecule has 128 valence electrons. The van der Waals surface area contributed by atoms with E-state index in [9.17, 15) is 15.0 Å². The third-order valence-corrected chi connectivity index (χ3v) is 6.77. The molecule has 3 fully saturated rings. The molecule has 3 rings (SSSR count). The van der Waals surface area contributed by atoms with Gasteiger partial charge in [0.2, 0.25) is 0 Å². The van der Waals surface area contributed by atoms with Gasteiger partial charge in [0, 0.05) is 11.8 Å². The van der Waals surface area contributed by atoms with Crippen LogP contribution in [0.25, 0.3) is 0 Å². The van der Waals surface area contributed by atoms with Gasteiger partial charge in [-0.3, -0.25) is 4.79 Å². The zero-order chi connectivity index (χ0) is 16.6. The minimum absolute atomic E-state index is 0.151. The van der Waals surface area contributed by atoms with Crippen molar-refractivity contribution in [3.63, 3.8) is 0 Å². The molecule has 3 nitrogen and oxygen atoms in total. The largest absolute Gasteiger partial charge is 0.392 e. The molecule has 0 aliphatic heterocycles. The summed E-state index contributed by atoms with van der Waals surface area (Å²) in [5, 5.41) is 20.6. The molecule has 3 saturated carbocycles. The van der Waals surface area contributed by atoms with Crippen LogP contribution in [0.5, 0.6) is 0 Å². The molecule has 3 aliphatic carbocycles. The average Bonchev–Trinajstić information content (AvgIpc) is 2.98. The van der Waals surface area contributed by atoms with E-state index in [1.807, 2.05) is 0 Å². The lowest BCUT2D eigenvalue weighted by Crippen LogP contribution is -2.60. The molecular formula is C20H30O3. The van der Waals surface area contributed by atoms with Gasteiger partial charge < -0.3 is 10.2 Å². The maximum absolute atomic E-state index is 12.3. The first kappa shape index (κ1) is 17.0. The van der Waals surface area contributed by atoms with Gasteiger partial charge in [-0.05, 0) is 37.0 Å². The molecule has 0 aromatic heterocycles. The number of hydrogen-bond donors (Lipinski definition) is 2. The van der Waals surface area contributed by atoms with Crippen LogP contribution in [0, 0.1) is 40.9 Å². The minimum atomic E-state index is -0.587. The molecule has 5 atom stereocenters. The summed E-state index contributed by atoms with van der Waals surface area (Å²) in [6.07, 6.45) is 6.67. The lowest BCUT2D eigenvalue weighted by molar-refractivity contribution is -0.167. The molecule has 0 amide bonds. The van der Waals surface area contributed by atoms with Gasteiger partial charge in [-0.1, -0.05) is 51.4 Å². The van der Waals surface area contributed by atoms with Gasteiger partial charge in [0.15, 0.2) is 0 Å². The number of carbonyl (C=O) groups is 1. The van der Waals surface area contributed by atoms with Crippen molar-refractivity contribution < 1.29 is 15.0 Å². The van der Waals surface area contributed by atoms with Gasteiger partial charge in [-0.25, -0.2) is 0 Å². The summed E-state index contributed by atoms with van der Waals surface area (Å²) in [5.41, 5.74) is -0.269. The summed E-state index contributed by atoms with van der Waals surface area (Å²) in [5.74, 6) is 7.45. The Balaban J connectivity index is 1.69. The topological polar surface area (TPSA) is 57.5 Å². The van der Waals surface area contributed by atoms with Gasteiger partial charge in [0.05, 0.1) is 12.0 Å². The van der Waals surface area contributed by atoms with E-state index in [4.69, 9.17) is 0 Å². The summed E-state index contributed by atoms with van der Waals surface area (Å²) in [7, 11) is 0. The van der Waals surface area contributed by atoms with Gasteiger partial charge in [-0.15, -0.1) is 0 Å². The Morgan fingerprint density at radius 1 is 1.26 bits per heavy atom. The first-order valence-corrected chi connectivity index (χ1v) is 9.35. The average molecular weight is 318 g/mol. The van der Waals surface area contributed by atoms with Crippen LogP contribution in [0.4, 0.5) is 0 Å². The summed E-state index contributed by atoms with van der Waals surface area (Å²) < 4.78 is 0. The smallest absolute Gasteiger partial charge is 0.139 e. The summed E-state index contributed by atoms with van der Waals surface area (Å²) in [6, 6.07) is 0. The number of aliphatic hydroxyl groups is 2. The minimum Gasteiger partial charge on any atom is -0.392 e. The molecule has 0 heterocycles. The van der Waals surface area contributed by atoms with Crippen LogP contribution in [0.1, 0.15) is 65.2 Å². The molecular weight excluding hydrogens is 288 g/mol. The molecule has 3 aliphatic rings. The van der Waals surface area contributed by atoms with Crippen LogP contribution < -0.4 is 0 Å². The van der Waals surface area contributed by atoms with Crippen molar-refractivity contribution in [1.29, 1.82) is 0 Å². The second-order valence-electron chi connectivity index (χ2n) is 8.25. The summed E-state index contributed by atoms with van der Waals surface area (Å²) in [4.78, 5) is 12.3. The van der Waals surface area contributed by atoms with Crippen molar-refractivity contribution in [2.45, 2.75) is 77.4 Å². The molecule has 23 heavy (non-hydrogen) atoms. The first-order valence-electron chi connectivity index (χ1n) is 9.35. The van der Waals surface area contributed by atoms with Crippen LogP contribution in [0.15, 0.2) is 0 Å². The number of ketones is 1. The number of aliphatic hydroxyl groups excluding tert-OH is 2. The van der Waals surface area contributed by atoms with Crippen LogP contribution in [-0.2, 0) is 4.79 Å². The Hall–Kier alpha value is -0.850. The quantitative estimate of drug-likeness (QED) is 0.787. The molecule has 0 unspecified atom stereocenters. The second kappa shape index (κ2) is 6.57. The van der Waals surface area contributed by atoms with Crippen molar-refractivity contribution in [3.8, 4) is 11.8 Å². The van der Waals surface area contributed by atoms with Crippen LogP contribution in [-0.4, -0.2) is 28.2 Å². The van der Waals surface area contributed by atoms with Crippen molar-refractivity contribution in [3.05, 3.63) is 0 Å². The van der Waals surface area contributed by atoms with E-state index in [-0.39, 0.29) is 17.3 Å². The van der Waals surface area contributed by atoms with E-state index in [1.54, 1.807) is 0 Å². The zero-order valence-electron chi connectivity index (χ0n) is 14.4. The number of fused-ring (bicyclic) bond motifs is 1. The Bertz CT molecular complexity index is 509. The highest BCUT2D eigenvalue weighted by molar-refractivity contribution is 5.92. The normalized spacial score (nSPS) is 38.7. The van der Waals surface area contributed by atoms with Gasteiger partial charge in [0.25, 0.3) is 0 Å². The standard InChI is InChI=1S/C20H30O3/c1-13(2)20-10-9-18(22)16(17(20)12-19(20)23)8-7-15(21)11-14-5-3-4-6-14/h13-18,21-22H,3-6,9-12H2,1-2H3/t15-,16+,17+,18+,20+/m1/s1. The van der Waals surface area contributed by atoms with E-state index >= 15 is 0 Å². The fourth-order valence-electron chi connectivity index (χ4n) is 5.30. The van der Waals surface area contributed by atoms with E-state index in [2.05, 4.69) is 25.7 Å². The second-order valence-corrected chi connectivity index (χ2v) is 8.25. The Morgan fingerprint density at radius 3 is 2.57 bits per heavy atom. The maximum Gasteiger partial charge on any atom is 0.139 e. The number of hydrogen-bond acceptors (Lipinski definition) is 3. The maximum atomic E-state index is 12.3.